The van der Waals surface area contributed by atoms with Crippen molar-refractivity contribution < 1.29 is 8.42 Å². The summed E-state index contributed by atoms with van der Waals surface area (Å²) in [5.74, 6) is 0.659. The second kappa shape index (κ2) is 6.27. The van der Waals surface area contributed by atoms with Gasteiger partial charge in [-0.2, -0.15) is 8.42 Å². The van der Waals surface area contributed by atoms with Crippen molar-refractivity contribution in [3.8, 4) is 0 Å². The summed E-state index contributed by atoms with van der Waals surface area (Å²) in [4.78, 5) is 0. The molecule has 80 valence electrons. The summed E-state index contributed by atoms with van der Waals surface area (Å²) >= 11 is 0. The summed E-state index contributed by atoms with van der Waals surface area (Å²) < 4.78 is 18.3. The number of benzene rings is 1. The minimum Gasteiger partial charge on any atom is -0.195 e. The Bertz CT molecular complexity index is 338. The molecule has 1 aromatic rings. The maximum Gasteiger partial charge on any atom is 0.317 e. The van der Waals surface area contributed by atoms with Crippen molar-refractivity contribution in [2.45, 2.75) is 19.8 Å². The van der Waals surface area contributed by atoms with Gasteiger partial charge < -0.3 is 0 Å². The zero-order chi connectivity index (χ0) is 11.2. The Kier molecular flexibility index (Phi) is 6.16. The molecule has 5 heteroatoms. The van der Waals surface area contributed by atoms with Crippen molar-refractivity contribution in [1.29, 1.82) is 0 Å². The maximum atomic E-state index is 9.16. The zero-order valence-electron chi connectivity index (χ0n) is 7.94. The highest BCUT2D eigenvalue weighted by atomic mass is 36.0. The van der Waals surface area contributed by atoms with Gasteiger partial charge in [-0.05, 0) is 11.5 Å². The first-order valence-electron chi connectivity index (χ1n) is 4.00. The number of hydrogen-bond donors (Lipinski definition) is 0. The SMILES string of the molecule is CC(C)c1ccccc1.O=S(=O)(Cl)Cl. The van der Waals surface area contributed by atoms with Gasteiger partial charge in [-0.15, -0.1) is 0 Å². The molecule has 0 heterocycles. The monoisotopic (exact) mass is 254 g/mol. The lowest BCUT2D eigenvalue weighted by atomic mass is 10.0. The predicted molar refractivity (Wildman–Crippen MR) is 61.2 cm³/mol. The molecular formula is C9H12Cl2O2S. The van der Waals surface area contributed by atoms with Gasteiger partial charge in [-0.3, -0.25) is 0 Å². The van der Waals surface area contributed by atoms with Crippen LogP contribution in [0.3, 0.4) is 0 Å². The Morgan fingerprint density at radius 3 is 1.64 bits per heavy atom. The third-order valence-electron chi connectivity index (χ3n) is 1.47. The second-order valence-corrected chi connectivity index (χ2v) is 6.61. The fraction of sp³-hybridized carbons (Fsp3) is 0.333. The molecule has 2 nitrogen and oxygen atoms in total. The van der Waals surface area contributed by atoms with E-state index in [1.165, 1.54) is 5.56 Å². The van der Waals surface area contributed by atoms with Crippen LogP contribution < -0.4 is 0 Å². The van der Waals surface area contributed by atoms with Crippen molar-refractivity contribution in [2.75, 3.05) is 0 Å². The molecule has 0 saturated heterocycles. The topological polar surface area (TPSA) is 34.1 Å². The standard InChI is InChI=1S/C9H12.Cl2O2S/c1-8(2)9-6-4-3-5-7-9;1-5(2,3)4/h3-8H,1-2H3;. The Hall–Kier alpha value is -0.250. The van der Waals surface area contributed by atoms with Crippen LogP contribution in [0.15, 0.2) is 30.3 Å². The molecule has 0 N–H and O–H groups in total. The van der Waals surface area contributed by atoms with Crippen molar-refractivity contribution in [3.63, 3.8) is 0 Å². The first-order chi connectivity index (χ1) is 6.30. The molecule has 0 aromatic heterocycles. The fourth-order valence-electron chi connectivity index (χ4n) is 0.838. The third kappa shape index (κ3) is 9.84. The first-order valence-corrected chi connectivity index (χ1v) is 7.13. The summed E-state index contributed by atoms with van der Waals surface area (Å²) in [6, 6.07) is 10.5. The van der Waals surface area contributed by atoms with Gasteiger partial charge >= 0.3 is 8.26 Å². The smallest absolute Gasteiger partial charge is 0.195 e. The highest BCUT2D eigenvalue weighted by Gasteiger charge is 1.93. The van der Waals surface area contributed by atoms with Gasteiger partial charge in [0.05, 0.1) is 0 Å². The summed E-state index contributed by atoms with van der Waals surface area (Å²) in [7, 11) is 4.81. The van der Waals surface area contributed by atoms with E-state index in [2.05, 4.69) is 59.5 Å². The lowest BCUT2D eigenvalue weighted by molar-refractivity contribution is 0.621. The summed E-state index contributed by atoms with van der Waals surface area (Å²) in [5.41, 5.74) is 1.41. The van der Waals surface area contributed by atoms with E-state index in [-0.39, 0.29) is 0 Å². The maximum absolute atomic E-state index is 9.16. The first kappa shape index (κ1) is 13.8. The van der Waals surface area contributed by atoms with Crippen LogP contribution in [0.2, 0.25) is 0 Å². The van der Waals surface area contributed by atoms with E-state index < -0.39 is 8.26 Å². The molecule has 0 aliphatic rings. The fourth-order valence-corrected chi connectivity index (χ4v) is 0.838. The lowest BCUT2D eigenvalue weighted by Gasteiger charge is -2.01. The molecule has 1 aromatic carbocycles. The van der Waals surface area contributed by atoms with Crippen LogP contribution in [0.25, 0.3) is 0 Å². The normalized spacial score (nSPS) is 10.6. The molecule has 0 atom stereocenters. The number of hydrogen-bond acceptors (Lipinski definition) is 2. The number of rotatable bonds is 1. The van der Waals surface area contributed by atoms with Gasteiger partial charge in [0.2, 0.25) is 0 Å². The largest absolute Gasteiger partial charge is 0.317 e. The molecule has 0 aliphatic carbocycles. The highest BCUT2D eigenvalue weighted by molar-refractivity contribution is 8.31. The highest BCUT2D eigenvalue weighted by Crippen LogP contribution is 2.11. The quantitative estimate of drug-likeness (QED) is 0.719. The van der Waals surface area contributed by atoms with E-state index in [0.717, 1.165) is 0 Å². The average molecular weight is 255 g/mol. The van der Waals surface area contributed by atoms with Crippen molar-refractivity contribution in [2.24, 2.45) is 0 Å². The van der Waals surface area contributed by atoms with Crippen molar-refractivity contribution in [3.05, 3.63) is 35.9 Å². The van der Waals surface area contributed by atoms with Crippen LogP contribution in [0.4, 0.5) is 0 Å². The molecule has 0 amide bonds. The summed E-state index contributed by atoms with van der Waals surface area (Å²) in [6.45, 7) is 4.41. The van der Waals surface area contributed by atoms with Crippen molar-refractivity contribution >= 4 is 29.6 Å². The molecule has 0 spiro atoms. The van der Waals surface area contributed by atoms with Gasteiger partial charge in [0.1, 0.15) is 0 Å². The van der Waals surface area contributed by atoms with E-state index >= 15 is 0 Å². The minimum absolute atomic E-state index is 0.659. The predicted octanol–water partition coefficient (Wildman–Crippen LogP) is 3.52. The molecule has 0 saturated carbocycles. The Labute approximate surface area is 93.8 Å². The average Bonchev–Trinajstić information content (AvgIpc) is 2.03. The van der Waals surface area contributed by atoms with Gasteiger partial charge in [0.15, 0.2) is 0 Å². The Morgan fingerprint density at radius 1 is 1.07 bits per heavy atom. The molecule has 1 rings (SSSR count). The summed E-state index contributed by atoms with van der Waals surface area (Å²) in [6.07, 6.45) is 0. The molecule has 0 bridgehead atoms. The molecule has 0 radical (unpaired) electrons. The van der Waals surface area contributed by atoms with Gasteiger partial charge in [0, 0.05) is 21.4 Å². The van der Waals surface area contributed by atoms with E-state index in [9.17, 15) is 0 Å². The van der Waals surface area contributed by atoms with E-state index in [1.54, 1.807) is 0 Å². The summed E-state index contributed by atoms with van der Waals surface area (Å²) in [5, 5.41) is 0. The third-order valence-corrected chi connectivity index (χ3v) is 1.47. The molecule has 0 unspecified atom stereocenters. The molecule has 0 fully saturated rings. The van der Waals surface area contributed by atoms with Crippen LogP contribution in [0.5, 0.6) is 0 Å². The minimum atomic E-state index is -3.72. The van der Waals surface area contributed by atoms with Crippen LogP contribution in [-0.4, -0.2) is 8.42 Å². The van der Waals surface area contributed by atoms with E-state index in [4.69, 9.17) is 8.42 Å². The van der Waals surface area contributed by atoms with E-state index in [1.807, 2.05) is 6.07 Å². The van der Waals surface area contributed by atoms with Crippen LogP contribution in [0, 0.1) is 0 Å². The molecular weight excluding hydrogens is 243 g/mol. The van der Waals surface area contributed by atoms with E-state index in [0.29, 0.717) is 5.92 Å². The Morgan fingerprint density at radius 2 is 1.43 bits per heavy atom. The van der Waals surface area contributed by atoms with Crippen LogP contribution in [0.1, 0.15) is 25.3 Å². The van der Waals surface area contributed by atoms with Gasteiger partial charge in [0.25, 0.3) is 0 Å². The Balaban J connectivity index is 0.000000292. The molecule has 0 aliphatic heterocycles. The van der Waals surface area contributed by atoms with Crippen LogP contribution in [-0.2, 0) is 8.26 Å². The second-order valence-electron chi connectivity index (χ2n) is 2.94. The van der Waals surface area contributed by atoms with Gasteiger partial charge in [-0.1, -0.05) is 44.2 Å². The number of halogens is 2. The van der Waals surface area contributed by atoms with Crippen LogP contribution >= 0.6 is 21.4 Å². The zero-order valence-corrected chi connectivity index (χ0v) is 10.3. The molecule has 14 heavy (non-hydrogen) atoms. The van der Waals surface area contributed by atoms with Crippen molar-refractivity contribution in [1.82, 2.24) is 0 Å². The lowest BCUT2D eigenvalue weighted by Crippen LogP contribution is -1.83. The van der Waals surface area contributed by atoms with Gasteiger partial charge in [-0.25, -0.2) is 0 Å².